The van der Waals surface area contributed by atoms with Crippen LogP contribution in [0.3, 0.4) is 0 Å². The minimum absolute atomic E-state index is 0.636. The second-order valence-corrected chi connectivity index (χ2v) is 4.96. The Kier molecular flexibility index (Phi) is 9.99. The van der Waals surface area contributed by atoms with Gasteiger partial charge in [0.25, 0.3) is 0 Å². The maximum Gasteiger partial charge on any atom is 0.0591 e. The molecule has 0 aliphatic rings. The summed E-state index contributed by atoms with van der Waals surface area (Å²) in [6.45, 7) is 13.7. The van der Waals surface area contributed by atoms with Crippen LogP contribution in [0.4, 0.5) is 0 Å². The fourth-order valence-corrected chi connectivity index (χ4v) is 1.38. The first-order valence-corrected chi connectivity index (χ1v) is 6.56. The van der Waals surface area contributed by atoms with E-state index in [1.807, 2.05) is 0 Å². The molecule has 1 unspecified atom stereocenters. The summed E-state index contributed by atoms with van der Waals surface area (Å²) in [5, 5.41) is 3.40. The molecule has 0 amide bonds. The molecule has 0 fully saturated rings. The fourth-order valence-electron chi connectivity index (χ4n) is 1.38. The lowest BCUT2D eigenvalue weighted by atomic mass is 10.2. The quantitative estimate of drug-likeness (QED) is 0.581. The number of hydrogen-bond donors (Lipinski definition) is 1. The third kappa shape index (κ3) is 9.13. The zero-order valence-electron chi connectivity index (χ0n) is 11.8. The number of rotatable bonds is 10. The summed E-state index contributed by atoms with van der Waals surface area (Å²) >= 11 is 0. The predicted molar refractivity (Wildman–Crippen MR) is 70.9 cm³/mol. The molecule has 0 aromatic heterocycles. The first-order valence-electron chi connectivity index (χ1n) is 6.56. The summed E-state index contributed by atoms with van der Waals surface area (Å²) in [5.74, 6) is 0.636. The van der Waals surface area contributed by atoms with E-state index in [2.05, 4.69) is 45.0 Å². The number of likely N-dealkylation sites (N-methyl/N-ethyl adjacent to an activating group) is 1. The van der Waals surface area contributed by atoms with Crippen molar-refractivity contribution in [3.63, 3.8) is 0 Å². The van der Waals surface area contributed by atoms with Gasteiger partial charge in [0.2, 0.25) is 0 Å². The minimum atomic E-state index is 0.636. The van der Waals surface area contributed by atoms with Crippen molar-refractivity contribution in [3.05, 3.63) is 0 Å². The summed E-state index contributed by atoms with van der Waals surface area (Å²) in [6, 6.07) is 0.680. The molecule has 0 saturated carbocycles. The van der Waals surface area contributed by atoms with E-state index in [0.717, 1.165) is 32.8 Å². The highest BCUT2D eigenvalue weighted by Gasteiger charge is 2.04. The van der Waals surface area contributed by atoms with Gasteiger partial charge >= 0.3 is 0 Å². The Morgan fingerprint density at radius 2 is 1.88 bits per heavy atom. The molecule has 0 aliphatic heterocycles. The van der Waals surface area contributed by atoms with E-state index in [1.54, 1.807) is 0 Å². The first-order chi connectivity index (χ1) is 7.57. The van der Waals surface area contributed by atoms with Gasteiger partial charge in [-0.15, -0.1) is 0 Å². The lowest BCUT2D eigenvalue weighted by Crippen LogP contribution is -2.35. The summed E-state index contributed by atoms with van der Waals surface area (Å²) in [4.78, 5) is 2.39. The molecule has 3 nitrogen and oxygen atoms in total. The topological polar surface area (TPSA) is 24.5 Å². The summed E-state index contributed by atoms with van der Waals surface area (Å²) in [5.41, 5.74) is 0. The Hall–Kier alpha value is -0.120. The van der Waals surface area contributed by atoms with Gasteiger partial charge in [-0.3, -0.25) is 0 Å². The zero-order valence-corrected chi connectivity index (χ0v) is 11.8. The highest BCUT2D eigenvalue weighted by atomic mass is 16.5. The lowest BCUT2D eigenvalue weighted by molar-refractivity contribution is 0.111. The van der Waals surface area contributed by atoms with Crippen molar-refractivity contribution in [1.29, 1.82) is 0 Å². The van der Waals surface area contributed by atoms with Crippen LogP contribution in [0.2, 0.25) is 0 Å². The third-order valence-electron chi connectivity index (χ3n) is 2.86. The average molecular weight is 230 g/mol. The fraction of sp³-hybridized carbons (Fsp3) is 1.00. The van der Waals surface area contributed by atoms with Gasteiger partial charge in [-0.25, -0.2) is 0 Å². The molecule has 0 bridgehead atoms. The van der Waals surface area contributed by atoms with Crippen molar-refractivity contribution in [3.8, 4) is 0 Å². The van der Waals surface area contributed by atoms with Crippen LogP contribution in [-0.4, -0.2) is 50.8 Å². The minimum Gasteiger partial charge on any atom is -0.380 e. The van der Waals surface area contributed by atoms with E-state index < -0.39 is 0 Å². The van der Waals surface area contributed by atoms with Crippen molar-refractivity contribution < 1.29 is 4.74 Å². The molecule has 0 aliphatic carbocycles. The maximum atomic E-state index is 5.49. The van der Waals surface area contributed by atoms with Crippen molar-refractivity contribution in [2.45, 2.75) is 40.2 Å². The Labute approximate surface area is 102 Å². The highest BCUT2D eigenvalue weighted by Crippen LogP contribution is 1.97. The molecule has 0 radical (unpaired) electrons. The Morgan fingerprint density at radius 1 is 1.19 bits per heavy atom. The molecule has 0 saturated heterocycles. The number of nitrogens with one attached hydrogen (secondary N) is 1. The highest BCUT2D eigenvalue weighted by molar-refractivity contribution is 4.62. The van der Waals surface area contributed by atoms with E-state index in [9.17, 15) is 0 Å². The van der Waals surface area contributed by atoms with Gasteiger partial charge in [0.15, 0.2) is 0 Å². The second kappa shape index (κ2) is 10.1. The van der Waals surface area contributed by atoms with Gasteiger partial charge in [-0.2, -0.15) is 0 Å². The van der Waals surface area contributed by atoms with E-state index in [-0.39, 0.29) is 0 Å². The summed E-state index contributed by atoms with van der Waals surface area (Å²) in [6.07, 6.45) is 1.22. The number of hydrogen-bond acceptors (Lipinski definition) is 3. The predicted octanol–water partition coefficient (Wildman–Crippen LogP) is 1.98. The Morgan fingerprint density at radius 3 is 2.44 bits per heavy atom. The maximum absolute atomic E-state index is 5.49. The molecule has 0 rings (SSSR count). The Bertz CT molecular complexity index is 151. The largest absolute Gasteiger partial charge is 0.380 e. The van der Waals surface area contributed by atoms with E-state index in [0.29, 0.717) is 12.0 Å². The van der Waals surface area contributed by atoms with E-state index in [1.165, 1.54) is 6.42 Å². The van der Waals surface area contributed by atoms with Crippen LogP contribution in [0, 0.1) is 5.92 Å². The smallest absolute Gasteiger partial charge is 0.0591 e. The SMILES string of the molecule is CCC(C)N(C)CCNCCOCC(C)C. The van der Waals surface area contributed by atoms with Gasteiger partial charge in [-0.1, -0.05) is 20.8 Å². The molecule has 98 valence electrons. The van der Waals surface area contributed by atoms with Gasteiger partial charge in [0.1, 0.15) is 0 Å². The molecular formula is C13H30N2O. The molecule has 3 heteroatoms. The normalized spacial score (nSPS) is 13.7. The summed E-state index contributed by atoms with van der Waals surface area (Å²) < 4.78 is 5.49. The summed E-state index contributed by atoms with van der Waals surface area (Å²) in [7, 11) is 2.19. The van der Waals surface area contributed by atoms with Crippen molar-refractivity contribution in [1.82, 2.24) is 10.2 Å². The van der Waals surface area contributed by atoms with Crippen molar-refractivity contribution in [2.75, 3.05) is 39.9 Å². The number of nitrogens with zero attached hydrogens (tertiary/aromatic N) is 1. The Balaban J connectivity index is 3.20. The van der Waals surface area contributed by atoms with Gasteiger partial charge < -0.3 is 15.0 Å². The van der Waals surface area contributed by atoms with Crippen LogP contribution >= 0.6 is 0 Å². The van der Waals surface area contributed by atoms with Crippen LogP contribution in [0.5, 0.6) is 0 Å². The van der Waals surface area contributed by atoms with Gasteiger partial charge in [0, 0.05) is 32.3 Å². The average Bonchev–Trinajstić information content (AvgIpc) is 2.25. The third-order valence-corrected chi connectivity index (χ3v) is 2.86. The molecule has 0 aromatic carbocycles. The van der Waals surface area contributed by atoms with Gasteiger partial charge in [0.05, 0.1) is 6.61 Å². The molecule has 0 spiro atoms. The first kappa shape index (κ1) is 15.9. The van der Waals surface area contributed by atoms with Crippen LogP contribution in [0.25, 0.3) is 0 Å². The molecule has 1 atom stereocenters. The molecule has 1 N–H and O–H groups in total. The van der Waals surface area contributed by atoms with Gasteiger partial charge in [-0.05, 0) is 26.3 Å². The van der Waals surface area contributed by atoms with Crippen LogP contribution in [0.15, 0.2) is 0 Å². The van der Waals surface area contributed by atoms with Crippen LogP contribution in [0.1, 0.15) is 34.1 Å². The number of ether oxygens (including phenoxy) is 1. The zero-order chi connectivity index (χ0) is 12.4. The molecule has 16 heavy (non-hydrogen) atoms. The van der Waals surface area contributed by atoms with Crippen molar-refractivity contribution in [2.24, 2.45) is 5.92 Å². The van der Waals surface area contributed by atoms with Crippen LogP contribution < -0.4 is 5.32 Å². The van der Waals surface area contributed by atoms with Crippen LogP contribution in [-0.2, 0) is 4.74 Å². The lowest BCUT2D eigenvalue weighted by Gasteiger charge is -2.23. The molecule has 0 aromatic rings. The van der Waals surface area contributed by atoms with E-state index in [4.69, 9.17) is 4.74 Å². The van der Waals surface area contributed by atoms with E-state index >= 15 is 0 Å². The monoisotopic (exact) mass is 230 g/mol. The molecule has 0 heterocycles. The van der Waals surface area contributed by atoms with Crippen molar-refractivity contribution >= 4 is 0 Å². The standard InChI is InChI=1S/C13H30N2O/c1-6-13(4)15(5)9-7-14-8-10-16-11-12(2)3/h12-14H,6-11H2,1-5H3. The molecular weight excluding hydrogens is 200 g/mol. The second-order valence-electron chi connectivity index (χ2n) is 4.96.